The van der Waals surface area contributed by atoms with Crippen LogP contribution in [0.5, 0.6) is 11.5 Å². The lowest BCUT2D eigenvalue weighted by atomic mass is 9.95. The van der Waals surface area contributed by atoms with Crippen LogP contribution >= 0.6 is 0 Å². The molecule has 114 valence electrons. The molecule has 1 aliphatic heterocycles. The van der Waals surface area contributed by atoms with Gasteiger partial charge in [0, 0.05) is 0 Å². The summed E-state index contributed by atoms with van der Waals surface area (Å²) in [6.07, 6.45) is 3.10. The highest BCUT2D eigenvalue weighted by molar-refractivity contribution is 5.57. The number of hydrogen-bond acceptors (Lipinski definition) is 3. The van der Waals surface area contributed by atoms with Crippen LogP contribution in [0.1, 0.15) is 33.9 Å². The fourth-order valence-corrected chi connectivity index (χ4v) is 2.97. The summed E-state index contributed by atoms with van der Waals surface area (Å²) in [6, 6.07) is 9.95. The van der Waals surface area contributed by atoms with Crippen molar-refractivity contribution in [3.63, 3.8) is 0 Å². The minimum atomic E-state index is -0.619. The van der Waals surface area contributed by atoms with E-state index in [0.717, 1.165) is 33.8 Å². The van der Waals surface area contributed by atoms with Gasteiger partial charge < -0.3 is 14.6 Å². The van der Waals surface area contributed by atoms with Crippen LogP contribution in [-0.2, 0) is 0 Å². The Kier molecular flexibility index (Phi) is 3.90. The first-order valence-corrected chi connectivity index (χ1v) is 7.38. The van der Waals surface area contributed by atoms with Crippen molar-refractivity contribution >= 4 is 6.08 Å². The molecule has 0 radical (unpaired) electrons. The zero-order valence-electron chi connectivity index (χ0n) is 13.1. The molecule has 0 aliphatic carbocycles. The predicted octanol–water partition coefficient (Wildman–Crippen LogP) is 4.09. The van der Waals surface area contributed by atoms with E-state index in [1.807, 2.05) is 44.2 Å². The summed E-state index contributed by atoms with van der Waals surface area (Å²) in [5, 5.41) is 10.5. The molecule has 0 fully saturated rings. The number of rotatable bonds is 3. The van der Waals surface area contributed by atoms with Crippen molar-refractivity contribution in [1.29, 1.82) is 0 Å². The first kappa shape index (κ1) is 14.7. The van der Waals surface area contributed by atoms with Crippen molar-refractivity contribution in [1.82, 2.24) is 0 Å². The molecule has 0 saturated carbocycles. The van der Waals surface area contributed by atoms with Crippen molar-refractivity contribution in [2.24, 2.45) is 0 Å². The number of aliphatic hydroxyl groups excluding tert-OH is 1. The summed E-state index contributed by atoms with van der Waals surface area (Å²) in [5.74, 6) is 1.52. The Morgan fingerprint density at radius 3 is 2.41 bits per heavy atom. The van der Waals surface area contributed by atoms with Crippen molar-refractivity contribution in [3.05, 3.63) is 64.2 Å². The van der Waals surface area contributed by atoms with E-state index in [4.69, 9.17) is 9.47 Å². The molecule has 3 rings (SSSR count). The molecule has 1 N–H and O–H groups in total. The van der Waals surface area contributed by atoms with Crippen LogP contribution in [0.3, 0.4) is 0 Å². The van der Waals surface area contributed by atoms with Crippen LogP contribution in [0.25, 0.3) is 6.08 Å². The Morgan fingerprint density at radius 1 is 1.00 bits per heavy atom. The molecule has 0 spiro atoms. The SMILES string of the molecule is Cc1cc(C)c(C(O)/C=C/c2ccc3c(c2)OCO3)c(C)c1. The Bertz CT molecular complexity index is 708. The minimum Gasteiger partial charge on any atom is -0.454 e. The van der Waals surface area contributed by atoms with Gasteiger partial charge in [0.2, 0.25) is 6.79 Å². The smallest absolute Gasteiger partial charge is 0.231 e. The maximum Gasteiger partial charge on any atom is 0.231 e. The molecular formula is C19H20O3. The lowest BCUT2D eigenvalue weighted by molar-refractivity contribution is 0.174. The standard InChI is InChI=1S/C19H20O3/c1-12-8-13(2)19(14(3)9-12)16(20)6-4-15-5-7-17-18(10-15)22-11-21-17/h4-10,16,20H,11H2,1-3H3/b6-4+. The van der Waals surface area contributed by atoms with Gasteiger partial charge in [-0.05, 0) is 55.2 Å². The monoisotopic (exact) mass is 296 g/mol. The lowest BCUT2D eigenvalue weighted by Crippen LogP contribution is -2.00. The summed E-state index contributed by atoms with van der Waals surface area (Å²) < 4.78 is 10.7. The average molecular weight is 296 g/mol. The normalized spacial score (nSPS) is 14.5. The van der Waals surface area contributed by atoms with E-state index in [-0.39, 0.29) is 6.79 Å². The highest BCUT2D eigenvalue weighted by Gasteiger charge is 2.13. The number of aliphatic hydroxyl groups is 1. The zero-order valence-corrected chi connectivity index (χ0v) is 13.1. The third-order valence-corrected chi connectivity index (χ3v) is 3.90. The molecule has 1 unspecified atom stereocenters. The van der Waals surface area contributed by atoms with Crippen LogP contribution in [0.15, 0.2) is 36.4 Å². The fourth-order valence-electron chi connectivity index (χ4n) is 2.97. The van der Waals surface area contributed by atoms with Crippen LogP contribution in [-0.4, -0.2) is 11.9 Å². The number of fused-ring (bicyclic) bond motifs is 1. The fraction of sp³-hybridized carbons (Fsp3) is 0.263. The lowest BCUT2D eigenvalue weighted by Gasteiger charge is -2.14. The minimum absolute atomic E-state index is 0.271. The molecule has 1 heterocycles. The first-order chi connectivity index (χ1) is 10.5. The number of benzene rings is 2. The van der Waals surface area contributed by atoms with Crippen molar-refractivity contribution in [2.45, 2.75) is 26.9 Å². The molecule has 3 heteroatoms. The summed E-state index contributed by atoms with van der Waals surface area (Å²) >= 11 is 0. The quantitative estimate of drug-likeness (QED) is 0.927. The Balaban J connectivity index is 1.83. The third-order valence-electron chi connectivity index (χ3n) is 3.90. The molecule has 2 aromatic rings. The third kappa shape index (κ3) is 2.85. The summed E-state index contributed by atoms with van der Waals surface area (Å²) in [4.78, 5) is 0. The molecule has 0 amide bonds. The molecule has 3 nitrogen and oxygen atoms in total. The van der Waals surface area contributed by atoms with E-state index < -0.39 is 6.10 Å². The van der Waals surface area contributed by atoms with Crippen molar-refractivity contribution < 1.29 is 14.6 Å². The first-order valence-electron chi connectivity index (χ1n) is 7.38. The van der Waals surface area contributed by atoms with Crippen LogP contribution < -0.4 is 9.47 Å². The van der Waals surface area contributed by atoms with Crippen LogP contribution in [0.2, 0.25) is 0 Å². The molecule has 22 heavy (non-hydrogen) atoms. The molecule has 0 aromatic heterocycles. The topological polar surface area (TPSA) is 38.7 Å². The molecule has 1 aliphatic rings. The van der Waals surface area contributed by atoms with Crippen molar-refractivity contribution in [3.8, 4) is 11.5 Å². The highest BCUT2D eigenvalue weighted by atomic mass is 16.7. The van der Waals surface area contributed by atoms with Gasteiger partial charge in [0.05, 0.1) is 6.10 Å². The van der Waals surface area contributed by atoms with Gasteiger partial charge >= 0.3 is 0 Å². The second-order valence-corrected chi connectivity index (χ2v) is 5.73. The van der Waals surface area contributed by atoms with E-state index in [0.29, 0.717) is 0 Å². The Morgan fingerprint density at radius 2 is 1.68 bits per heavy atom. The average Bonchev–Trinajstić information content (AvgIpc) is 2.91. The van der Waals surface area contributed by atoms with Gasteiger partial charge in [-0.25, -0.2) is 0 Å². The van der Waals surface area contributed by atoms with E-state index >= 15 is 0 Å². The molecule has 0 bridgehead atoms. The van der Waals surface area contributed by atoms with Crippen molar-refractivity contribution in [2.75, 3.05) is 6.79 Å². The van der Waals surface area contributed by atoms with E-state index in [9.17, 15) is 5.11 Å². The molecule has 2 aromatic carbocycles. The number of ether oxygens (including phenoxy) is 2. The second kappa shape index (κ2) is 5.85. The van der Waals surface area contributed by atoms with Gasteiger partial charge in [0.25, 0.3) is 0 Å². The second-order valence-electron chi connectivity index (χ2n) is 5.73. The van der Waals surface area contributed by atoms with E-state index in [2.05, 4.69) is 19.1 Å². The van der Waals surface area contributed by atoms with Gasteiger partial charge in [0.1, 0.15) is 0 Å². The van der Waals surface area contributed by atoms with Gasteiger partial charge in [-0.15, -0.1) is 0 Å². The molecule has 0 saturated heterocycles. The zero-order chi connectivity index (χ0) is 15.7. The summed E-state index contributed by atoms with van der Waals surface area (Å²) in [6.45, 7) is 6.41. The molecular weight excluding hydrogens is 276 g/mol. The van der Waals surface area contributed by atoms with E-state index in [1.165, 1.54) is 5.56 Å². The van der Waals surface area contributed by atoms with Gasteiger partial charge in [0.15, 0.2) is 11.5 Å². The number of hydrogen-bond donors (Lipinski definition) is 1. The maximum absolute atomic E-state index is 10.5. The summed E-state index contributed by atoms with van der Waals surface area (Å²) in [5.41, 5.74) is 5.39. The van der Waals surface area contributed by atoms with Gasteiger partial charge in [-0.3, -0.25) is 0 Å². The largest absolute Gasteiger partial charge is 0.454 e. The maximum atomic E-state index is 10.5. The van der Waals surface area contributed by atoms with Gasteiger partial charge in [-0.1, -0.05) is 35.9 Å². The summed E-state index contributed by atoms with van der Waals surface area (Å²) in [7, 11) is 0. The Labute approximate surface area is 130 Å². The van der Waals surface area contributed by atoms with Crippen LogP contribution in [0, 0.1) is 20.8 Å². The van der Waals surface area contributed by atoms with Gasteiger partial charge in [-0.2, -0.15) is 0 Å². The predicted molar refractivity (Wildman–Crippen MR) is 87.2 cm³/mol. The van der Waals surface area contributed by atoms with E-state index in [1.54, 1.807) is 0 Å². The number of aryl methyl sites for hydroxylation is 3. The van der Waals surface area contributed by atoms with Crippen LogP contribution in [0.4, 0.5) is 0 Å². The Hall–Kier alpha value is -2.26. The molecule has 1 atom stereocenters. The highest BCUT2D eigenvalue weighted by Crippen LogP contribution is 2.33.